The third-order valence-corrected chi connectivity index (χ3v) is 14.1. The van der Waals surface area contributed by atoms with Gasteiger partial charge in [0.05, 0.1) is 26.0 Å². The van der Waals surface area contributed by atoms with Crippen LogP contribution in [0.2, 0.25) is 0 Å². The summed E-state index contributed by atoms with van der Waals surface area (Å²) >= 11 is 0. The number of nitrogens with one attached hydrogen (secondary N) is 2. The van der Waals surface area contributed by atoms with E-state index in [1.165, 1.54) is 88.4 Å². The number of nitrogens with zero attached hydrogens (tertiary/aromatic N) is 7. The van der Waals surface area contributed by atoms with Crippen molar-refractivity contribution >= 4 is 23.8 Å². The molecule has 67 heavy (non-hydrogen) atoms. The van der Waals surface area contributed by atoms with Crippen LogP contribution in [-0.4, -0.2) is 85.1 Å². The molecule has 4 aromatic rings. The van der Waals surface area contributed by atoms with E-state index in [0.29, 0.717) is 58.1 Å². The molecule has 1 spiro atoms. The van der Waals surface area contributed by atoms with Gasteiger partial charge in [-0.2, -0.15) is 0 Å². The van der Waals surface area contributed by atoms with Gasteiger partial charge in [0, 0.05) is 60.5 Å². The van der Waals surface area contributed by atoms with Crippen LogP contribution in [0.4, 0.5) is 10.7 Å². The molecule has 3 fully saturated rings. The predicted octanol–water partition coefficient (Wildman–Crippen LogP) is 10.7. The van der Waals surface area contributed by atoms with Crippen LogP contribution in [0, 0.1) is 10.8 Å². The monoisotopic (exact) mass is 916 g/mol. The van der Waals surface area contributed by atoms with Crippen molar-refractivity contribution in [3.8, 4) is 22.4 Å². The van der Waals surface area contributed by atoms with E-state index in [0.717, 1.165) is 40.8 Å². The zero-order valence-corrected chi connectivity index (χ0v) is 41.2. The van der Waals surface area contributed by atoms with E-state index in [9.17, 15) is 14.4 Å². The van der Waals surface area contributed by atoms with E-state index in [4.69, 9.17) is 14.7 Å². The van der Waals surface area contributed by atoms with Crippen molar-refractivity contribution in [3.05, 3.63) is 78.8 Å². The SMILES string of the molecule is CC(C)(COCC(C)(C)Cn1cc(-c2cccc(-c3cnc(N4CCC5(CC4)NC(=O)N(Cc4ccccc4)C5=O)nc3)c2)nn1)CC(=O)NC1(C)CCCCCCCCCCCCCCC1. The molecule has 7 rings (SSSR count). The number of carbonyl (C=O) groups excluding carboxylic acids is 3. The Morgan fingerprint density at radius 1 is 0.731 bits per heavy atom. The average Bonchev–Trinajstić information content (AvgIpc) is 3.85. The maximum absolute atomic E-state index is 13.6. The fraction of sp³-hybridized carbons (Fsp3) is 0.611. The van der Waals surface area contributed by atoms with E-state index in [2.05, 4.69) is 66.5 Å². The van der Waals surface area contributed by atoms with E-state index in [1.54, 1.807) is 0 Å². The lowest BCUT2D eigenvalue weighted by Gasteiger charge is -2.37. The molecule has 4 heterocycles. The Labute approximate surface area is 399 Å². The minimum Gasteiger partial charge on any atom is -0.380 e. The number of urea groups is 1. The molecule has 2 N–H and O–H groups in total. The third kappa shape index (κ3) is 14.2. The molecule has 2 saturated heterocycles. The van der Waals surface area contributed by atoms with Crippen LogP contribution in [0.25, 0.3) is 22.4 Å². The number of rotatable bonds is 14. The van der Waals surface area contributed by atoms with E-state index < -0.39 is 5.54 Å². The molecule has 0 bridgehead atoms. The summed E-state index contributed by atoms with van der Waals surface area (Å²) in [4.78, 5) is 52.8. The maximum atomic E-state index is 13.6. The van der Waals surface area contributed by atoms with E-state index >= 15 is 0 Å². The third-order valence-electron chi connectivity index (χ3n) is 14.1. The van der Waals surface area contributed by atoms with Gasteiger partial charge in [-0.15, -0.1) is 5.10 Å². The Bertz CT molecular complexity index is 2200. The average molecular weight is 916 g/mol. The van der Waals surface area contributed by atoms with Gasteiger partial charge in [0.25, 0.3) is 5.91 Å². The first-order valence-corrected chi connectivity index (χ1v) is 25.4. The number of benzene rings is 2. The molecule has 2 aliphatic heterocycles. The Balaban J connectivity index is 0.861. The van der Waals surface area contributed by atoms with Crippen LogP contribution in [-0.2, 0) is 27.4 Å². The number of amides is 4. The van der Waals surface area contributed by atoms with Crippen molar-refractivity contribution in [2.24, 2.45) is 10.8 Å². The van der Waals surface area contributed by atoms with Gasteiger partial charge in [0.15, 0.2) is 0 Å². The maximum Gasteiger partial charge on any atom is 0.325 e. The molecule has 13 nitrogen and oxygen atoms in total. The lowest BCUT2D eigenvalue weighted by molar-refractivity contribution is -0.132. The van der Waals surface area contributed by atoms with Crippen LogP contribution in [0.5, 0.6) is 0 Å². The summed E-state index contributed by atoms with van der Waals surface area (Å²) in [7, 11) is 0. The fourth-order valence-electron chi connectivity index (χ4n) is 10.2. The normalized spacial score (nSPS) is 19.1. The van der Waals surface area contributed by atoms with Gasteiger partial charge in [-0.1, -0.05) is 165 Å². The quantitative estimate of drug-likeness (QED) is 0.118. The lowest BCUT2D eigenvalue weighted by atomic mass is 9.85. The van der Waals surface area contributed by atoms with Crippen LogP contribution >= 0.6 is 0 Å². The van der Waals surface area contributed by atoms with Crippen molar-refractivity contribution < 1.29 is 19.1 Å². The smallest absolute Gasteiger partial charge is 0.325 e. The summed E-state index contributed by atoms with van der Waals surface area (Å²) < 4.78 is 8.23. The zero-order valence-electron chi connectivity index (χ0n) is 41.2. The highest BCUT2D eigenvalue weighted by molar-refractivity contribution is 6.07. The number of aromatic nitrogens is 5. The number of anilines is 1. The van der Waals surface area contributed by atoms with Gasteiger partial charge >= 0.3 is 6.03 Å². The Morgan fingerprint density at radius 3 is 1.94 bits per heavy atom. The standard InChI is InChI=1S/C54H77N9O4/c1-51(2,34-47(64)57-53(5)27-20-15-13-11-9-7-6-8-10-12-14-16-21-28-53)40-67-41-52(3,4)39-62-38-46(59-60-62)44-26-22-25-43(33-44)45-35-55-49(56-36-45)61-31-29-54(30-32-61)48(65)63(50(66)58-54)37-42-23-18-17-19-24-42/h17-19,22-26,33,35-36,38H,6-16,20-21,27-32,34,37,39-41H2,1-5H3,(H,57,64)(H,58,66). The molecule has 2 aromatic heterocycles. The van der Waals surface area contributed by atoms with Gasteiger partial charge in [-0.25, -0.2) is 14.8 Å². The highest BCUT2D eigenvalue weighted by Crippen LogP contribution is 2.33. The summed E-state index contributed by atoms with van der Waals surface area (Å²) in [6.45, 7) is 13.9. The van der Waals surface area contributed by atoms with Crippen molar-refractivity contribution in [2.75, 3.05) is 31.2 Å². The van der Waals surface area contributed by atoms with Crippen LogP contribution < -0.4 is 15.5 Å². The second kappa shape index (κ2) is 22.8. The number of piperidine rings is 1. The highest BCUT2D eigenvalue weighted by Gasteiger charge is 2.52. The highest BCUT2D eigenvalue weighted by atomic mass is 16.5. The van der Waals surface area contributed by atoms with Crippen molar-refractivity contribution in [1.29, 1.82) is 0 Å². The number of imide groups is 1. The van der Waals surface area contributed by atoms with Crippen LogP contribution in [0.15, 0.2) is 73.2 Å². The molecule has 3 aliphatic rings. The van der Waals surface area contributed by atoms with E-state index in [-0.39, 0.29) is 40.8 Å². The molecule has 1 aliphatic carbocycles. The number of ether oxygens (including phenoxy) is 1. The Kier molecular flexibility index (Phi) is 16.9. The Morgan fingerprint density at radius 2 is 1.31 bits per heavy atom. The number of carbonyl (C=O) groups is 3. The largest absolute Gasteiger partial charge is 0.380 e. The van der Waals surface area contributed by atoms with Crippen molar-refractivity contribution in [3.63, 3.8) is 0 Å². The number of hydrogen-bond donors (Lipinski definition) is 2. The zero-order chi connectivity index (χ0) is 47.3. The fourth-order valence-corrected chi connectivity index (χ4v) is 10.2. The first-order valence-electron chi connectivity index (χ1n) is 25.4. The molecule has 0 atom stereocenters. The summed E-state index contributed by atoms with van der Waals surface area (Å²) in [5, 5.41) is 15.5. The van der Waals surface area contributed by atoms with E-state index in [1.807, 2.05) is 71.8 Å². The topological polar surface area (TPSA) is 147 Å². The molecule has 13 heteroatoms. The molecule has 0 unspecified atom stereocenters. The lowest BCUT2D eigenvalue weighted by Crippen LogP contribution is -2.55. The van der Waals surface area contributed by atoms with Crippen molar-refractivity contribution in [2.45, 2.75) is 174 Å². The van der Waals surface area contributed by atoms with Gasteiger partial charge < -0.3 is 20.3 Å². The van der Waals surface area contributed by atoms with Crippen LogP contribution in [0.1, 0.15) is 156 Å². The molecule has 362 valence electrons. The first kappa shape index (κ1) is 49.7. The molecule has 2 aromatic carbocycles. The minimum absolute atomic E-state index is 0.132. The predicted molar refractivity (Wildman–Crippen MR) is 265 cm³/mol. The summed E-state index contributed by atoms with van der Waals surface area (Å²) in [6.07, 6.45) is 26.2. The van der Waals surface area contributed by atoms with Crippen LogP contribution in [0.3, 0.4) is 0 Å². The first-order chi connectivity index (χ1) is 32.2. The summed E-state index contributed by atoms with van der Waals surface area (Å²) in [5.74, 6) is 0.565. The van der Waals surface area contributed by atoms with Crippen molar-refractivity contribution in [1.82, 2.24) is 40.5 Å². The van der Waals surface area contributed by atoms with Gasteiger partial charge in [-0.05, 0) is 55.2 Å². The second-order valence-electron chi connectivity index (χ2n) is 21.7. The number of hydrogen-bond acceptors (Lipinski definition) is 9. The summed E-state index contributed by atoms with van der Waals surface area (Å²) in [6, 6.07) is 17.4. The molecular weight excluding hydrogens is 839 g/mol. The summed E-state index contributed by atoms with van der Waals surface area (Å²) in [5.41, 5.74) is 2.90. The second-order valence-corrected chi connectivity index (χ2v) is 21.7. The minimum atomic E-state index is -0.894. The molecule has 1 saturated carbocycles. The molecule has 0 radical (unpaired) electrons. The Hall–Kier alpha value is -5.17. The van der Waals surface area contributed by atoms with Gasteiger partial charge in [0.2, 0.25) is 11.9 Å². The van der Waals surface area contributed by atoms with Gasteiger partial charge in [0.1, 0.15) is 11.2 Å². The van der Waals surface area contributed by atoms with Gasteiger partial charge in [-0.3, -0.25) is 19.2 Å². The molecule has 4 amide bonds. The molecular formula is C54H77N9O4.